The van der Waals surface area contributed by atoms with Gasteiger partial charge in [0, 0.05) is 12.0 Å². The standard InChI is InChI=1S/C13H14O5/c1-17-10-3-4-11(18-2)12-8(10)5-7(13(15)16)6-9(12)14/h3-4,7H,5-6H2,1-2H3,(H,15,16). The zero-order valence-corrected chi connectivity index (χ0v) is 10.2. The third-order valence-corrected chi connectivity index (χ3v) is 3.18. The van der Waals surface area contributed by atoms with Crippen molar-refractivity contribution in [3.8, 4) is 11.5 Å². The number of hydrogen-bond donors (Lipinski definition) is 1. The molecule has 0 radical (unpaired) electrons. The Morgan fingerprint density at radius 3 is 2.39 bits per heavy atom. The average molecular weight is 250 g/mol. The van der Waals surface area contributed by atoms with Gasteiger partial charge in [-0.2, -0.15) is 0 Å². The number of rotatable bonds is 3. The molecule has 5 heteroatoms. The quantitative estimate of drug-likeness (QED) is 0.880. The first-order valence-corrected chi connectivity index (χ1v) is 5.58. The molecule has 1 N–H and O–H groups in total. The highest BCUT2D eigenvalue weighted by Crippen LogP contribution is 2.37. The van der Waals surface area contributed by atoms with Crippen LogP contribution in [0, 0.1) is 5.92 Å². The molecule has 1 unspecified atom stereocenters. The van der Waals surface area contributed by atoms with Crippen molar-refractivity contribution in [3.63, 3.8) is 0 Å². The maximum Gasteiger partial charge on any atom is 0.307 e. The van der Waals surface area contributed by atoms with E-state index in [2.05, 4.69) is 0 Å². The molecule has 1 aromatic carbocycles. The van der Waals surface area contributed by atoms with Gasteiger partial charge in [-0.15, -0.1) is 0 Å². The first-order chi connectivity index (χ1) is 8.58. The summed E-state index contributed by atoms with van der Waals surface area (Å²) in [6, 6.07) is 3.35. The second-order valence-corrected chi connectivity index (χ2v) is 4.19. The molecule has 0 saturated heterocycles. The van der Waals surface area contributed by atoms with E-state index in [1.54, 1.807) is 12.1 Å². The van der Waals surface area contributed by atoms with Crippen LogP contribution < -0.4 is 9.47 Å². The molecular formula is C13H14O5. The number of carbonyl (C=O) groups excluding carboxylic acids is 1. The number of benzene rings is 1. The predicted octanol–water partition coefficient (Wildman–Crippen LogP) is 1.53. The molecule has 0 saturated carbocycles. The minimum Gasteiger partial charge on any atom is -0.496 e. The van der Waals surface area contributed by atoms with E-state index in [9.17, 15) is 9.59 Å². The molecule has 5 nitrogen and oxygen atoms in total. The summed E-state index contributed by atoms with van der Waals surface area (Å²) in [5.74, 6) is -0.853. The topological polar surface area (TPSA) is 72.8 Å². The van der Waals surface area contributed by atoms with Crippen LogP contribution in [0.4, 0.5) is 0 Å². The monoisotopic (exact) mass is 250 g/mol. The van der Waals surface area contributed by atoms with Gasteiger partial charge in [-0.3, -0.25) is 9.59 Å². The van der Waals surface area contributed by atoms with Crippen molar-refractivity contribution in [3.05, 3.63) is 23.3 Å². The zero-order chi connectivity index (χ0) is 13.3. The first-order valence-electron chi connectivity index (χ1n) is 5.58. The molecular weight excluding hydrogens is 236 g/mol. The van der Waals surface area contributed by atoms with Gasteiger partial charge in [-0.25, -0.2) is 0 Å². The van der Waals surface area contributed by atoms with Gasteiger partial charge in [0.1, 0.15) is 11.5 Å². The molecule has 0 amide bonds. The Labute approximate surface area is 104 Å². The molecule has 2 rings (SSSR count). The second-order valence-electron chi connectivity index (χ2n) is 4.19. The molecule has 0 aliphatic heterocycles. The molecule has 1 aliphatic carbocycles. The van der Waals surface area contributed by atoms with Gasteiger partial charge in [-0.1, -0.05) is 0 Å². The normalized spacial score (nSPS) is 18.1. The second kappa shape index (κ2) is 4.68. The van der Waals surface area contributed by atoms with Gasteiger partial charge in [0.15, 0.2) is 5.78 Å². The molecule has 0 aromatic heterocycles. The van der Waals surface area contributed by atoms with Crippen molar-refractivity contribution >= 4 is 11.8 Å². The maximum absolute atomic E-state index is 12.0. The number of Topliss-reactive ketones (excluding diaryl/α,β-unsaturated/α-hetero) is 1. The Hall–Kier alpha value is -2.04. The summed E-state index contributed by atoms with van der Waals surface area (Å²) in [6.45, 7) is 0. The molecule has 18 heavy (non-hydrogen) atoms. The first kappa shape index (κ1) is 12.4. The highest BCUT2D eigenvalue weighted by atomic mass is 16.5. The van der Waals surface area contributed by atoms with Crippen molar-refractivity contribution in [1.82, 2.24) is 0 Å². The average Bonchev–Trinajstić information content (AvgIpc) is 2.37. The Kier molecular flexibility index (Phi) is 3.23. The summed E-state index contributed by atoms with van der Waals surface area (Å²) >= 11 is 0. The summed E-state index contributed by atoms with van der Waals surface area (Å²) in [6.07, 6.45) is 0.294. The van der Waals surface area contributed by atoms with Gasteiger partial charge in [0.25, 0.3) is 0 Å². The molecule has 0 spiro atoms. The van der Waals surface area contributed by atoms with Gasteiger partial charge < -0.3 is 14.6 Å². The fourth-order valence-corrected chi connectivity index (χ4v) is 2.30. The highest BCUT2D eigenvalue weighted by molar-refractivity contribution is 6.03. The van der Waals surface area contributed by atoms with Crippen molar-refractivity contribution in [1.29, 1.82) is 0 Å². The van der Waals surface area contributed by atoms with E-state index in [4.69, 9.17) is 14.6 Å². The SMILES string of the molecule is COc1ccc(OC)c2c1CC(C(=O)O)CC2=O. The summed E-state index contributed by atoms with van der Waals surface area (Å²) < 4.78 is 10.3. The predicted molar refractivity (Wildman–Crippen MR) is 63.3 cm³/mol. The van der Waals surface area contributed by atoms with Gasteiger partial charge in [-0.05, 0) is 18.6 Å². The van der Waals surface area contributed by atoms with E-state index in [0.717, 1.165) is 0 Å². The van der Waals surface area contributed by atoms with E-state index < -0.39 is 11.9 Å². The number of ketones is 1. The Morgan fingerprint density at radius 2 is 1.83 bits per heavy atom. The van der Waals surface area contributed by atoms with Crippen molar-refractivity contribution in [2.24, 2.45) is 5.92 Å². The van der Waals surface area contributed by atoms with Crippen LogP contribution >= 0.6 is 0 Å². The van der Waals surface area contributed by atoms with E-state index >= 15 is 0 Å². The molecule has 0 bridgehead atoms. The number of hydrogen-bond acceptors (Lipinski definition) is 4. The van der Waals surface area contributed by atoms with Gasteiger partial charge in [0.05, 0.1) is 25.7 Å². The Balaban J connectivity index is 2.56. The minimum atomic E-state index is -0.959. The number of fused-ring (bicyclic) bond motifs is 1. The van der Waals surface area contributed by atoms with Crippen LogP contribution in [0.25, 0.3) is 0 Å². The van der Waals surface area contributed by atoms with Crippen LogP contribution in [0.1, 0.15) is 22.3 Å². The van der Waals surface area contributed by atoms with Crippen LogP contribution in [0.15, 0.2) is 12.1 Å². The highest BCUT2D eigenvalue weighted by Gasteiger charge is 2.33. The maximum atomic E-state index is 12.0. The van der Waals surface area contributed by atoms with Crippen LogP contribution in [0.3, 0.4) is 0 Å². The zero-order valence-electron chi connectivity index (χ0n) is 10.2. The molecule has 1 atom stereocenters. The summed E-state index contributed by atoms with van der Waals surface area (Å²) in [5, 5.41) is 9.05. The van der Waals surface area contributed by atoms with E-state index in [-0.39, 0.29) is 18.6 Å². The largest absolute Gasteiger partial charge is 0.496 e. The van der Waals surface area contributed by atoms with Crippen molar-refractivity contribution < 1.29 is 24.2 Å². The lowest BCUT2D eigenvalue weighted by Gasteiger charge is -2.24. The lowest BCUT2D eigenvalue weighted by Crippen LogP contribution is -2.27. The number of carboxylic acids is 1. The van der Waals surface area contributed by atoms with E-state index in [0.29, 0.717) is 22.6 Å². The summed E-state index contributed by atoms with van der Waals surface area (Å²) in [5.41, 5.74) is 1.08. The molecule has 1 aromatic rings. The fourth-order valence-electron chi connectivity index (χ4n) is 2.30. The molecule has 0 heterocycles. The lowest BCUT2D eigenvalue weighted by atomic mass is 9.82. The van der Waals surface area contributed by atoms with Crippen molar-refractivity contribution in [2.45, 2.75) is 12.8 Å². The molecule has 96 valence electrons. The van der Waals surface area contributed by atoms with Crippen LogP contribution in [0.2, 0.25) is 0 Å². The fraction of sp³-hybridized carbons (Fsp3) is 0.385. The smallest absolute Gasteiger partial charge is 0.307 e. The summed E-state index contributed by atoms with van der Waals surface area (Å²) in [4.78, 5) is 23.1. The van der Waals surface area contributed by atoms with Crippen LogP contribution in [-0.4, -0.2) is 31.1 Å². The van der Waals surface area contributed by atoms with Crippen molar-refractivity contribution in [2.75, 3.05) is 14.2 Å². The van der Waals surface area contributed by atoms with Gasteiger partial charge >= 0.3 is 5.97 Å². The Bertz CT molecular complexity index is 506. The number of carboxylic acid groups (broad SMARTS) is 1. The number of ether oxygens (including phenoxy) is 2. The van der Waals surface area contributed by atoms with E-state index in [1.807, 2.05) is 0 Å². The Morgan fingerprint density at radius 1 is 1.22 bits per heavy atom. The lowest BCUT2D eigenvalue weighted by molar-refractivity contribution is -0.141. The number of carbonyl (C=O) groups is 2. The molecule has 1 aliphatic rings. The van der Waals surface area contributed by atoms with Gasteiger partial charge in [0.2, 0.25) is 0 Å². The molecule has 0 fully saturated rings. The van der Waals surface area contributed by atoms with Crippen LogP contribution in [-0.2, 0) is 11.2 Å². The van der Waals surface area contributed by atoms with E-state index in [1.165, 1.54) is 14.2 Å². The third kappa shape index (κ3) is 1.92. The third-order valence-electron chi connectivity index (χ3n) is 3.18. The summed E-state index contributed by atoms with van der Waals surface area (Å²) in [7, 11) is 2.98. The number of aliphatic carboxylic acids is 1. The van der Waals surface area contributed by atoms with Crippen LogP contribution in [0.5, 0.6) is 11.5 Å². The minimum absolute atomic E-state index is 0.00581. The number of methoxy groups -OCH3 is 2.